The molecule has 3 heterocycles. The number of pyridine rings is 1. The van der Waals surface area contributed by atoms with Crippen LogP contribution >= 0.6 is 0 Å². The first kappa shape index (κ1) is 12.5. The lowest BCUT2D eigenvalue weighted by Gasteiger charge is -2.24. The van der Waals surface area contributed by atoms with E-state index < -0.39 is 0 Å². The maximum absolute atomic E-state index is 4.55. The Hall–Kier alpha value is -2.20. The Morgan fingerprint density at radius 2 is 2.00 bits per heavy atom. The van der Waals surface area contributed by atoms with Gasteiger partial charge in [-0.05, 0) is 54.8 Å². The van der Waals surface area contributed by atoms with Gasteiger partial charge in [0.25, 0.3) is 0 Å². The Labute approximate surface area is 123 Å². The Morgan fingerprint density at radius 3 is 2.81 bits per heavy atom. The minimum Gasteiger partial charge on any atom is -0.326 e. The van der Waals surface area contributed by atoms with Crippen LogP contribution in [-0.2, 0) is 0 Å². The van der Waals surface area contributed by atoms with Gasteiger partial charge in [-0.1, -0.05) is 6.07 Å². The summed E-state index contributed by atoms with van der Waals surface area (Å²) in [6.07, 6.45) is 8.11. The fraction of sp³-hybridized carbons (Fsp3) is 0.294. The molecule has 0 radical (unpaired) electrons. The quantitative estimate of drug-likeness (QED) is 0.783. The summed E-state index contributed by atoms with van der Waals surface area (Å²) in [6.45, 7) is 2.16. The number of imidazole rings is 1. The lowest BCUT2D eigenvalue weighted by molar-refractivity contribution is 0.378. The highest BCUT2D eigenvalue weighted by Gasteiger charge is 2.17. The molecule has 1 aliphatic rings. The van der Waals surface area contributed by atoms with Crippen LogP contribution in [0.15, 0.2) is 49.1 Å². The number of nitrogens with zero attached hydrogens (tertiary/aromatic N) is 3. The van der Waals surface area contributed by atoms with E-state index in [0.29, 0.717) is 6.04 Å². The van der Waals surface area contributed by atoms with Crippen LogP contribution in [0.25, 0.3) is 22.2 Å². The van der Waals surface area contributed by atoms with E-state index in [1.807, 2.05) is 30.9 Å². The molecule has 21 heavy (non-hydrogen) atoms. The highest BCUT2D eigenvalue weighted by atomic mass is 15.1. The molecule has 4 nitrogen and oxygen atoms in total. The number of hydrogen-bond acceptors (Lipinski definition) is 3. The van der Waals surface area contributed by atoms with Gasteiger partial charge in [0.1, 0.15) is 0 Å². The van der Waals surface area contributed by atoms with E-state index in [9.17, 15) is 0 Å². The van der Waals surface area contributed by atoms with Crippen LogP contribution < -0.4 is 5.32 Å². The lowest BCUT2D eigenvalue weighted by atomic mass is 10.1. The van der Waals surface area contributed by atoms with Crippen molar-refractivity contribution in [2.45, 2.75) is 18.9 Å². The monoisotopic (exact) mass is 278 g/mol. The van der Waals surface area contributed by atoms with E-state index in [0.717, 1.165) is 18.6 Å². The van der Waals surface area contributed by atoms with Gasteiger partial charge in [-0.15, -0.1) is 0 Å². The first-order valence-electron chi connectivity index (χ1n) is 7.49. The topological polar surface area (TPSA) is 42.7 Å². The fourth-order valence-electron chi connectivity index (χ4n) is 3.11. The zero-order chi connectivity index (χ0) is 14.1. The molecule has 1 N–H and O–H groups in total. The second-order valence-electron chi connectivity index (χ2n) is 5.59. The summed E-state index contributed by atoms with van der Waals surface area (Å²) in [5.41, 5.74) is 4.70. The smallest absolute Gasteiger partial charge is 0.0961 e. The van der Waals surface area contributed by atoms with Gasteiger partial charge in [-0.25, -0.2) is 4.98 Å². The summed E-state index contributed by atoms with van der Waals surface area (Å²) in [6, 6.07) is 11.1. The second-order valence-corrected chi connectivity index (χ2v) is 5.59. The average molecular weight is 278 g/mol. The first-order chi connectivity index (χ1) is 10.4. The van der Waals surface area contributed by atoms with E-state index in [1.165, 1.54) is 29.5 Å². The van der Waals surface area contributed by atoms with Gasteiger partial charge in [-0.2, -0.15) is 0 Å². The van der Waals surface area contributed by atoms with Crippen molar-refractivity contribution in [2.24, 2.45) is 0 Å². The molecule has 3 aromatic rings. The molecule has 1 fully saturated rings. The summed E-state index contributed by atoms with van der Waals surface area (Å²) < 4.78 is 2.33. The molecule has 0 amide bonds. The molecule has 2 aromatic heterocycles. The molecule has 0 aliphatic carbocycles. The predicted octanol–water partition coefficient (Wildman–Crippen LogP) is 3.02. The second kappa shape index (κ2) is 5.30. The van der Waals surface area contributed by atoms with Crippen LogP contribution in [0.4, 0.5) is 0 Å². The van der Waals surface area contributed by atoms with Gasteiger partial charge in [-0.3, -0.25) is 4.98 Å². The normalized spacial score (nSPS) is 19.0. The van der Waals surface area contributed by atoms with Gasteiger partial charge in [0.2, 0.25) is 0 Å². The molecule has 0 spiro atoms. The van der Waals surface area contributed by atoms with Crippen molar-refractivity contribution in [1.29, 1.82) is 0 Å². The number of aromatic nitrogens is 3. The molecular formula is C17H18N4. The molecule has 1 atom stereocenters. The third kappa shape index (κ3) is 2.32. The van der Waals surface area contributed by atoms with Gasteiger partial charge >= 0.3 is 0 Å². The number of benzene rings is 1. The van der Waals surface area contributed by atoms with Crippen LogP contribution in [-0.4, -0.2) is 27.6 Å². The Bertz CT molecular complexity index is 742. The number of hydrogen-bond donors (Lipinski definition) is 1. The van der Waals surface area contributed by atoms with Crippen molar-refractivity contribution in [3.63, 3.8) is 0 Å². The Balaban J connectivity index is 1.79. The van der Waals surface area contributed by atoms with Crippen molar-refractivity contribution < 1.29 is 0 Å². The molecule has 1 aliphatic heterocycles. The predicted molar refractivity (Wildman–Crippen MR) is 84.1 cm³/mol. The summed E-state index contributed by atoms with van der Waals surface area (Å²) in [7, 11) is 0. The summed E-state index contributed by atoms with van der Waals surface area (Å²) in [5.74, 6) is 0. The molecule has 106 valence electrons. The standard InChI is InChI=1S/C17H18N4/c1-2-15(11-19-7-1)21-12-20-16-4-3-14(10-17(16)21)13-5-8-18-9-6-13/h3-6,8-10,12,15,19H,1-2,7,11H2. The molecular weight excluding hydrogens is 260 g/mol. The van der Waals surface area contributed by atoms with E-state index >= 15 is 0 Å². The summed E-state index contributed by atoms with van der Waals surface area (Å²) >= 11 is 0. The van der Waals surface area contributed by atoms with Crippen LogP contribution in [0.1, 0.15) is 18.9 Å². The number of nitrogens with one attached hydrogen (secondary N) is 1. The zero-order valence-electron chi connectivity index (χ0n) is 11.9. The van der Waals surface area contributed by atoms with Crippen LogP contribution in [0, 0.1) is 0 Å². The van der Waals surface area contributed by atoms with Crippen molar-refractivity contribution >= 4 is 11.0 Å². The first-order valence-corrected chi connectivity index (χ1v) is 7.49. The molecule has 4 rings (SSSR count). The number of rotatable bonds is 2. The maximum atomic E-state index is 4.55. The minimum absolute atomic E-state index is 0.511. The van der Waals surface area contributed by atoms with Crippen molar-refractivity contribution in [3.05, 3.63) is 49.1 Å². The zero-order valence-corrected chi connectivity index (χ0v) is 11.9. The van der Waals surface area contributed by atoms with Gasteiger partial charge in [0.15, 0.2) is 0 Å². The molecule has 1 saturated heterocycles. The maximum Gasteiger partial charge on any atom is 0.0961 e. The number of fused-ring (bicyclic) bond motifs is 1. The van der Waals surface area contributed by atoms with E-state index in [2.05, 4.69) is 38.1 Å². The summed E-state index contributed by atoms with van der Waals surface area (Å²) in [4.78, 5) is 8.64. The lowest BCUT2D eigenvalue weighted by Crippen LogP contribution is -2.31. The van der Waals surface area contributed by atoms with E-state index in [4.69, 9.17) is 0 Å². The van der Waals surface area contributed by atoms with Crippen molar-refractivity contribution in [2.75, 3.05) is 13.1 Å². The third-order valence-electron chi connectivity index (χ3n) is 4.25. The number of piperidine rings is 1. The van der Waals surface area contributed by atoms with Crippen LogP contribution in [0.3, 0.4) is 0 Å². The van der Waals surface area contributed by atoms with Gasteiger partial charge < -0.3 is 9.88 Å². The Kier molecular flexibility index (Phi) is 3.16. The van der Waals surface area contributed by atoms with Gasteiger partial charge in [0.05, 0.1) is 17.4 Å². The SMILES string of the molecule is c1cc(-c2ccc3ncn(C4CCCNC4)c3c2)ccn1. The molecule has 0 saturated carbocycles. The minimum atomic E-state index is 0.511. The third-order valence-corrected chi connectivity index (χ3v) is 4.25. The largest absolute Gasteiger partial charge is 0.326 e. The van der Waals surface area contributed by atoms with Gasteiger partial charge in [0, 0.05) is 25.0 Å². The highest BCUT2D eigenvalue weighted by molar-refractivity contribution is 5.82. The van der Waals surface area contributed by atoms with E-state index in [1.54, 1.807) is 0 Å². The fourth-order valence-corrected chi connectivity index (χ4v) is 3.11. The highest BCUT2D eigenvalue weighted by Crippen LogP contribution is 2.27. The molecule has 0 bridgehead atoms. The molecule has 1 aromatic carbocycles. The van der Waals surface area contributed by atoms with E-state index in [-0.39, 0.29) is 0 Å². The van der Waals surface area contributed by atoms with Crippen LogP contribution in [0.5, 0.6) is 0 Å². The Morgan fingerprint density at radius 1 is 1.10 bits per heavy atom. The van der Waals surface area contributed by atoms with Crippen molar-refractivity contribution in [3.8, 4) is 11.1 Å². The summed E-state index contributed by atoms with van der Waals surface area (Å²) in [5, 5.41) is 3.48. The average Bonchev–Trinajstić information content (AvgIpc) is 2.99. The van der Waals surface area contributed by atoms with Crippen LogP contribution in [0.2, 0.25) is 0 Å². The molecule has 1 unspecified atom stereocenters. The van der Waals surface area contributed by atoms with Crippen molar-refractivity contribution in [1.82, 2.24) is 19.9 Å². The molecule has 4 heteroatoms.